The molecule has 1 aliphatic heterocycles. The predicted octanol–water partition coefficient (Wildman–Crippen LogP) is 4.30. The molecule has 1 unspecified atom stereocenters. The Bertz CT molecular complexity index is 957. The summed E-state index contributed by atoms with van der Waals surface area (Å²) in [4.78, 5) is 39.6. The molecule has 3 rings (SSSR count). The molecule has 2 amide bonds. The SMILES string of the molecule is CCCCCNC(=O)c1ccc2c(c1)CC(=O)CC(C)N2C(=O)c1ccccc1F. The molecule has 0 aromatic heterocycles. The first-order valence-corrected chi connectivity index (χ1v) is 10.4. The number of halogens is 1. The molecule has 0 aliphatic carbocycles. The van der Waals surface area contributed by atoms with Crippen LogP contribution in [0.25, 0.3) is 0 Å². The fourth-order valence-corrected chi connectivity index (χ4v) is 3.80. The summed E-state index contributed by atoms with van der Waals surface area (Å²) in [6.45, 7) is 4.47. The zero-order valence-corrected chi connectivity index (χ0v) is 17.4. The van der Waals surface area contributed by atoms with Gasteiger partial charge in [0.2, 0.25) is 0 Å². The second kappa shape index (κ2) is 9.65. The van der Waals surface area contributed by atoms with Crippen LogP contribution in [0.3, 0.4) is 0 Å². The maximum Gasteiger partial charge on any atom is 0.261 e. The molecule has 1 N–H and O–H groups in total. The van der Waals surface area contributed by atoms with E-state index >= 15 is 0 Å². The minimum Gasteiger partial charge on any atom is -0.352 e. The van der Waals surface area contributed by atoms with Crippen LogP contribution in [0, 0.1) is 5.82 Å². The molecule has 30 heavy (non-hydrogen) atoms. The van der Waals surface area contributed by atoms with Gasteiger partial charge in [0.25, 0.3) is 11.8 Å². The molecule has 0 bridgehead atoms. The Morgan fingerprint density at radius 3 is 2.67 bits per heavy atom. The van der Waals surface area contributed by atoms with Crippen molar-refractivity contribution in [1.82, 2.24) is 5.32 Å². The number of rotatable bonds is 6. The molecule has 0 saturated carbocycles. The smallest absolute Gasteiger partial charge is 0.261 e. The largest absolute Gasteiger partial charge is 0.352 e. The topological polar surface area (TPSA) is 66.5 Å². The number of Topliss-reactive ketones (excluding diaryl/α,β-unsaturated/α-hetero) is 1. The van der Waals surface area contributed by atoms with Crippen LogP contribution in [0.2, 0.25) is 0 Å². The molecule has 6 heteroatoms. The highest BCUT2D eigenvalue weighted by Gasteiger charge is 2.32. The first-order valence-electron chi connectivity index (χ1n) is 10.4. The van der Waals surface area contributed by atoms with Crippen LogP contribution in [0.15, 0.2) is 42.5 Å². The van der Waals surface area contributed by atoms with Crippen LogP contribution < -0.4 is 10.2 Å². The number of fused-ring (bicyclic) bond motifs is 1. The van der Waals surface area contributed by atoms with E-state index in [0.717, 1.165) is 19.3 Å². The number of ketones is 1. The fraction of sp³-hybridized carbons (Fsp3) is 0.375. The van der Waals surface area contributed by atoms with E-state index in [1.165, 1.54) is 23.1 Å². The minimum atomic E-state index is -0.602. The highest BCUT2D eigenvalue weighted by molar-refractivity contribution is 6.08. The maximum absolute atomic E-state index is 14.3. The number of benzene rings is 2. The summed E-state index contributed by atoms with van der Waals surface area (Å²) in [5.41, 5.74) is 1.56. The van der Waals surface area contributed by atoms with Crippen molar-refractivity contribution in [3.8, 4) is 0 Å². The molecular formula is C24H27FN2O3. The molecule has 158 valence electrons. The van der Waals surface area contributed by atoms with Crippen LogP contribution in [0.5, 0.6) is 0 Å². The van der Waals surface area contributed by atoms with Crippen LogP contribution >= 0.6 is 0 Å². The standard InChI is InChI=1S/C24H27FN2O3/c1-3-4-7-12-26-23(29)17-10-11-22-18(14-17)15-19(28)13-16(2)27(22)24(30)20-8-5-6-9-21(20)25/h5-6,8-11,14,16H,3-4,7,12-13,15H2,1-2H3,(H,26,29). The number of amides is 2. The Morgan fingerprint density at radius 1 is 1.17 bits per heavy atom. The summed E-state index contributed by atoms with van der Waals surface area (Å²) in [5.74, 6) is -1.32. The third-order valence-electron chi connectivity index (χ3n) is 5.34. The lowest BCUT2D eigenvalue weighted by Crippen LogP contribution is -2.39. The van der Waals surface area contributed by atoms with E-state index < -0.39 is 17.8 Å². The number of unbranched alkanes of at least 4 members (excludes halogenated alkanes) is 2. The summed E-state index contributed by atoms with van der Waals surface area (Å²) in [6, 6.07) is 10.4. The highest BCUT2D eigenvalue weighted by atomic mass is 19.1. The van der Waals surface area contributed by atoms with Gasteiger partial charge in [-0.05, 0) is 49.2 Å². The molecule has 1 aliphatic rings. The van der Waals surface area contributed by atoms with Crippen LogP contribution in [0.1, 0.15) is 65.8 Å². The predicted molar refractivity (Wildman–Crippen MR) is 114 cm³/mol. The number of hydrogen-bond donors (Lipinski definition) is 1. The van der Waals surface area contributed by atoms with Gasteiger partial charge in [0.15, 0.2) is 0 Å². The van der Waals surface area contributed by atoms with E-state index in [-0.39, 0.29) is 30.1 Å². The molecule has 0 spiro atoms. The summed E-state index contributed by atoms with van der Waals surface area (Å²) in [7, 11) is 0. The Kier molecular flexibility index (Phi) is 6.98. The molecule has 0 fully saturated rings. The van der Waals surface area contributed by atoms with Crippen molar-refractivity contribution in [2.45, 2.75) is 52.0 Å². The monoisotopic (exact) mass is 410 g/mol. The Labute approximate surface area is 176 Å². The number of nitrogens with one attached hydrogen (secondary N) is 1. The third kappa shape index (κ3) is 4.75. The summed E-state index contributed by atoms with van der Waals surface area (Å²) >= 11 is 0. The normalized spacial score (nSPS) is 16.0. The average Bonchev–Trinajstić information content (AvgIpc) is 2.84. The van der Waals surface area contributed by atoms with Crippen LogP contribution in [0.4, 0.5) is 10.1 Å². The third-order valence-corrected chi connectivity index (χ3v) is 5.34. The van der Waals surface area contributed by atoms with Gasteiger partial charge in [0, 0.05) is 36.7 Å². The summed E-state index contributed by atoms with van der Waals surface area (Å²) in [5, 5.41) is 2.89. The van der Waals surface area contributed by atoms with Gasteiger partial charge in [-0.2, -0.15) is 0 Å². The van der Waals surface area contributed by atoms with Gasteiger partial charge in [-0.1, -0.05) is 31.9 Å². The van der Waals surface area contributed by atoms with E-state index in [2.05, 4.69) is 12.2 Å². The van der Waals surface area contributed by atoms with Crippen molar-refractivity contribution in [1.29, 1.82) is 0 Å². The van der Waals surface area contributed by atoms with Gasteiger partial charge >= 0.3 is 0 Å². The number of hydrogen-bond acceptors (Lipinski definition) is 3. The molecule has 1 atom stereocenters. The zero-order chi connectivity index (χ0) is 21.7. The molecule has 2 aromatic rings. The zero-order valence-electron chi connectivity index (χ0n) is 17.4. The first-order chi connectivity index (χ1) is 14.4. The van der Waals surface area contributed by atoms with Gasteiger partial charge in [0.05, 0.1) is 5.56 Å². The molecule has 1 heterocycles. The fourth-order valence-electron chi connectivity index (χ4n) is 3.80. The lowest BCUT2D eigenvalue weighted by Gasteiger charge is -2.29. The van der Waals surface area contributed by atoms with E-state index in [4.69, 9.17) is 0 Å². The lowest BCUT2D eigenvalue weighted by atomic mass is 10.0. The second-order valence-electron chi connectivity index (χ2n) is 7.73. The second-order valence-corrected chi connectivity index (χ2v) is 7.73. The van der Waals surface area contributed by atoms with E-state index in [9.17, 15) is 18.8 Å². The summed E-state index contributed by atoms with van der Waals surface area (Å²) in [6.07, 6.45) is 3.34. The van der Waals surface area contributed by atoms with Gasteiger partial charge in [-0.25, -0.2) is 4.39 Å². The molecule has 5 nitrogen and oxygen atoms in total. The van der Waals surface area contributed by atoms with E-state index in [1.54, 1.807) is 31.2 Å². The highest BCUT2D eigenvalue weighted by Crippen LogP contribution is 2.31. The van der Waals surface area contributed by atoms with Crippen molar-refractivity contribution in [2.24, 2.45) is 0 Å². The van der Waals surface area contributed by atoms with Gasteiger partial charge in [-0.15, -0.1) is 0 Å². The molecule has 0 saturated heterocycles. The lowest BCUT2D eigenvalue weighted by molar-refractivity contribution is -0.118. The number of carbonyl (C=O) groups excluding carboxylic acids is 3. The van der Waals surface area contributed by atoms with E-state index in [0.29, 0.717) is 23.4 Å². The molecule has 0 radical (unpaired) electrons. The van der Waals surface area contributed by atoms with Crippen LogP contribution in [-0.4, -0.2) is 30.2 Å². The van der Waals surface area contributed by atoms with Crippen LogP contribution in [-0.2, 0) is 11.2 Å². The molecule has 2 aromatic carbocycles. The van der Waals surface area contributed by atoms with Gasteiger partial charge < -0.3 is 10.2 Å². The Morgan fingerprint density at radius 2 is 1.93 bits per heavy atom. The average molecular weight is 410 g/mol. The quantitative estimate of drug-likeness (QED) is 0.722. The van der Waals surface area contributed by atoms with Crippen molar-refractivity contribution in [3.05, 3.63) is 65.0 Å². The van der Waals surface area contributed by atoms with Crippen molar-refractivity contribution in [2.75, 3.05) is 11.4 Å². The number of anilines is 1. The number of nitrogens with zero attached hydrogens (tertiary/aromatic N) is 1. The maximum atomic E-state index is 14.3. The first kappa shape index (κ1) is 21.7. The van der Waals surface area contributed by atoms with Crippen molar-refractivity contribution >= 4 is 23.3 Å². The minimum absolute atomic E-state index is 0.0203. The van der Waals surface area contributed by atoms with Gasteiger partial charge in [0.1, 0.15) is 11.6 Å². The number of carbonyl (C=O) groups is 3. The Balaban J connectivity index is 1.92. The van der Waals surface area contributed by atoms with Crippen molar-refractivity contribution in [3.63, 3.8) is 0 Å². The van der Waals surface area contributed by atoms with Crippen molar-refractivity contribution < 1.29 is 18.8 Å². The van der Waals surface area contributed by atoms with E-state index in [1.807, 2.05) is 0 Å². The van der Waals surface area contributed by atoms with Gasteiger partial charge in [-0.3, -0.25) is 14.4 Å². The Hall–Kier alpha value is -3.02. The molecular weight excluding hydrogens is 383 g/mol. The summed E-state index contributed by atoms with van der Waals surface area (Å²) < 4.78 is 14.3.